The van der Waals surface area contributed by atoms with Gasteiger partial charge in [-0.15, -0.1) is 0 Å². The van der Waals surface area contributed by atoms with E-state index in [0.717, 1.165) is 35.9 Å². The normalized spacial score (nSPS) is 11.7. The minimum absolute atomic E-state index is 0.307. The average Bonchev–Trinajstić information content (AvgIpc) is 2.95. The molecule has 4 aromatic rings. The molecule has 41 heavy (non-hydrogen) atoms. The summed E-state index contributed by atoms with van der Waals surface area (Å²) in [5, 5.41) is 1.26. The molecule has 0 aliphatic carbocycles. The van der Waals surface area contributed by atoms with E-state index in [2.05, 4.69) is 21.6 Å². The van der Waals surface area contributed by atoms with Gasteiger partial charge in [0.05, 0.1) is 19.0 Å². The first-order valence-electron chi connectivity index (χ1n) is 13.8. The van der Waals surface area contributed by atoms with Gasteiger partial charge in [-0.25, -0.2) is 18.7 Å². The van der Waals surface area contributed by atoms with Crippen molar-refractivity contribution >= 4 is 10.8 Å². The van der Waals surface area contributed by atoms with E-state index in [1.807, 2.05) is 18.2 Å². The molecule has 0 spiro atoms. The molecule has 218 valence electrons. The molecule has 9 heteroatoms. The number of hydrogen-bond donors (Lipinski definition) is 0. The topological polar surface area (TPSA) is 44.2 Å². The first-order valence-corrected chi connectivity index (χ1v) is 13.8. The largest absolute Gasteiger partial charge is 0.490 e. The van der Waals surface area contributed by atoms with E-state index >= 15 is 4.39 Å². The van der Waals surface area contributed by atoms with E-state index in [9.17, 15) is 17.6 Å². The Morgan fingerprint density at radius 2 is 1.49 bits per heavy atom. The Kier molecular flexibility index (Phi) is 10.5. The van der Waals surface area contributed by atoms with Crippen molar-refractivity contribution in [2.24, 2.45) is 0 Å². The number of ether oxygens (including phenoxy) is 2. The molecule has 0 atom stereocenters. The molecule has 0 aliphatic heterocycles. The summed E-state index contributed by atoms with van der Waals surface area (Å²) in [5.74, 6) is -0.316. The fourth-order valence-corrected chi connectivity index (χ4v) is 4.51. The number of alkyl halides is 3. The molecule has 0 amide bonds. The lowest BCUT2D eigenvalue weighted by molar-refractivity contribution is -0.153. The van der Waals surface area contributed by atoms with Crippen LogP contribution in [0.1, 0.15) is 55.1 Å². The second-order valence-corrected chi connectivity index (χ2v) is 10.0. The van der Waals surface area contributed by atoms with Crippen molar-refractivity contribution in [2.45, 2.75) is 64.5 Å². The smallest absolute Gasteiger partial charge is 0.422 e. The number of aryl methyl sites for hydroxylation is 4. The number of rotatable bonds is 14. The molecule has 0 bridgehead atoms. The van der Waals surface area contributed by atoms with Crippen molar-refractivity contribution in [3.05, 3.63) is 95.1 Å². The van der Waals surface area contributed by atoms with Crippen molar-refractivity contribution in [2.75, 3.05) is 13.2 Å². The minimum atomic E-state index is -4.55. The van der Waals surface area contributed by atoms with E-state index in [0.29, 0.717) is 60.4 Å². The summed E-state index contributed by atoms with van der Waals surface area (Å²) in [7, 11) is 0. The van der Waals surface area contributed by atoms with Gasteiger partial charge in [-0.3, -0.25) is 0 Å². The van der Waals surface area contributed by atoms with E-state index in [1.165, 1.54) is 18.9 Å². The summed E-state index contributed by atoms with van der Waals surface area (Å²) in [5.41, 5.74) is 2.04. The molecular weight excluding hydrogens is 539 g/mol. The molecule has 0 N–H and O–H groups in total. The van der Waals surface area contributed by atoms with Crippen LogP contribution in [0.3, 0.4) is 0 Å². The van der Waals surface area contributed by atoms with Gasteiger partial charge in [0.2, 0.25) is 0 Å². The van der Waals surface area contributed by atoms with Crippen LogP contribution in [0.4, 0.5) is 22.0 Å². The number of hydrogen-bond acceptors (Lipinski definition) is 4. The summed E-state index contributed by atoms with van der Waals surface area (Å²) in [4.78, 5) is 8.80. The summed E-state index contributed by atoms with van der Waals surface area (Å²) in [6, 6.07) is 12.9. The number of aromatic nitrogens is 2. The van der Waals surface area contributed by atoms with Crippen LogP contribution >= 0.6 is 0 Å². The fraction of sp³-hybridized carbons (Fsp3) is 0.375. The lowest BCUT2D eigenvalue weighted by atomic mass is 9.98. The molecular formula is C32H33F5N2O2. The highest BCUT2D eigenvalue weighted by atomic mass is 19.4. The zero-order valence-corrected chi connectivity index (χ0v) is 22.9. The van der Waals surface area contributed by atoms with Crippen LogP contribution in [0, 0.1) is 11.6 Å². The van der Waals surface area contributed by atoms with Crippen molar-refractivity contribution < 1.29 is 31.4 Å². The Morgan fingerprint density at radius 3 is 2.22 bits per heavy atom. The molecule has 0 unspecified atom stereocenters. The summed E-state index contributed by atoms with van der Waals surface area (Å²) >= 11 is 0. The number of halogens is 5. The molecule has 1 aromatic heterocycles. The zero-order chi connectivity index (χ0) is 29.2. The highest BCUT2D eigenvalue weighted by Crippen LogP contribution is 2.26. The van der Waals surface area contributed by atoms with Crippen LogP contribution in [0.2, 0.25) is 0 Å². The number of nitrogens with zero attached hydrogens (tertiary/aromatic N) is 2. The van der Waals surface area contributed by atoms with Gasteiger partial charge in [-0.1, -0.05) is 62.6 Å². The van der Waals surface area contributed by atoms with Crippen molar-refractivity contribution in [3.8, 4) is 11.5 Å². The molecule has 4 nitrogen and oxygen atoms in total. The minimum Gasteiger partial charge on any atom is -0.490 e. The Bertz CT molecular complexity index is 1420. The molecule has 0 fully saturated rings. The van der Waals surface area contributed by atoms with Crippen molar-refractivity contribution in [1.29, 1.82) is 0 Å². The summed E-state index contributed by atoms with van der Waals surface area (Å²) in [6.07, 6.45) is 5.36. The maximum atomic E-state index is 15.3. The van der Waals surface area contributed by atoms with Gasteiger partial charge in [0.1, 0.15) is 11.6 Å². The maximum Gasteiger partial charge on any atom is 0.422 e. The summed E-state index contributed by atoms with van der Waals surface area (Å²) < 4.78 is 76.6. The number of benzene rings is 3. The van der Waals surface area contributed by atoms with Gasteiger partial charge < -0.3 is 9.47 Å². The SMILES string of the molecule is CCCCCCOc1cnc(CCc2ccc3c(F)c(CCc4ccc(OCC(F)(F)F)c(F)c4)ccc3c2)nc1. The monoisotopic (exact) mass is 572 g/mol. The molecule has 1 heterocycles. The third-order valence-electron chi connectivity index (χ3n) is 6.75. The Balaban J connectivity index is 1.31. The first-order chi connectivity index (χ1) is 19.7. The lowest BCUT2D eigenvalue weighted by Gasteiger charge is -2.11. The second-order valence-electron chi connectivity index (χ2n) is 10.0. The first kappa shape index (κ1) is 30.2. The van der Waals surface area contributed by atoms with Gasteiger partial charge in [0, 0.05) is 11.8 Å². The zero-order valence-electron chi connectivity index (χ0n) is 22.9. The van der Waals surface area contributed by atoms with E-state index in [-0.39, 0.29) is 5.82 Å². The molecule has 0 saturated carbocycles. The van der Waals surface area contributed by atoms with Gasteiger partial charge in [0.25, 0.3) is 0 Å². The Labute approximate surface area is 236 Å². The van der Waals surface area contributed by atoms with E-state index in [1.54, 1.807) is 24.5 Å². The van der Waals surface area contributed by atoms with Crippen LogP contribution in [-0.2, 0) is 25.7 Å². The molecule has 3 aromatic carbocycles. The molecule has 0 aliphatic rings. The van der Waals surface area contributed by atoms with Crippen LogP contribution in [-0.4, -0.2) is 29.4 Å². The van der Waals surface area contributed by atoms with Gasteiger partial charge in [-0.05, 0) is 59.9 Å². The molecule has 0 radical (unpaired) electrons. The van der Waals surface area contributed by atoms with Crippen LogP contribution < -0.4 is 9.47 Å². The van der Waals surface area contributed by atoms with E-state index < -0.39 is 24.3 Å². The van der Waals surface area contributed by atoms with Gasteiger partial charge in [0.15, 0.2) is 23.9 Å². The van der Waals surface area contributed by atoms with Crippen LogP contribution in [0.15, 0.2) is 60.9 Å². The second kappa shape index (κ2) is 14.2. The van der Waals surface area contributed by atoms with Crippen molar-refractivity contribution in [3.63, 3.8) is 0 Å². The molecule has 4 rings (SSSR count). The Morgan fingerprint density at radius 1 is 0.756 bits per heavy atom. The third kappa shape index (κ3) is 9.13. The highest BCUT2D eigenvalue weighted by Gasteiger charge is 2.29. The van der Waals surface area contributed by atoms with Crippen LogP contribution in [0.25, 0.3) is 10.8 Å². The Hall–Kier alpha value is -3.75. The number of unbranched alkanes of at least 4 members (excludes halogenated alkanes) is 3. The predicted octanol–water partition coefficient (Wildman–Crippen LogP) is 8.38. The quantitative estimate of drug-likeness (QED) is 0.112. The lowest BCUT2D eigenvalue weighted by Crippen LogP contribution is -2.19. The molecule has 0 saturated heterocycles. The average molecular weight is 573 g/mol. The number of fused-ring (bicyclic) bond motifs is 1. The maximum absolute atomic E-state index is 15.3. The third-order valence-corrected chi connectivity index (χ3v) is 6.75. The van der Waals surface area contributed by atoms with Crippen LogP contribution in [0.5, 0.6) is 11.5 Å². The van der Waals surface area contributed by atoms with Gasteiger partial charge >= 0.3 is 6.18 Å². The highest BCUT2D eigenvalue weighted by molar-refractivity contribution is 5.84. The predicted molar refractivity (Wildman–Crippen MR) is 148 cm³/mol. The van der Waals surface area contributed by atoms with Crippen molar-refractivity contribution in [1.82, 2.24) is 9.97 Å². The standard InChI is InChI=1S/C32H33F5N2O2/c1-2-3-4-5-16-40-26-19-38-30(39-20-26)15-9-22-7-13-27-25(17-22)12-11-24(31(27)34)10-6-23-8-14-29(28(33)18-23)41-21-32(35,36)37/h7-8,11-14,17-20H,2-6,9-10,15-16,21H2,1H3. The summed E-state index contributed by atoms with van der Waals surface area (Å²) in [6.45, 7) is 1.27. The van der Waals surface area contributed by atoms with Gasteiger partial charge in [-0.2, -0.15) is 13.2 Å². The fourth-order valence-electron chi connectivity index (χ4n) is 4.51. The van der Waals surface area contributed by atoms with E-state index in [4.69, 9.17) is 4.74 Å².